The first-order valence-electron chi connectivity index (χ1n) is 23.5. The predicted octanol–water partition coefficient (Wildman–Crippen LogP) is 10.0. The third-order valence-electron chi connectivity index (χ3n) is 13.6. The van der Waals surface area contributed by atoms with Crippen molar-refractivity contribution in [2.24, 2.45) is 22.9 Å². The topological polar surface area (TPSA) is 166 Å². The lowest BCUT2D eigenvalue weighted by atomic mass is 9.55. The van der Waals surface area contributed by atoms with E-state index in [-0.39, 0.29) is 68.7 Å². The van der Waals surface area contributed by atoms with Gasteiger partial charge in [0.25, 0.3) is 5.69 Å². The lowest BCUT2D eigenvalue weighted by molar-refractivity contribution is -0.384. The number of ether oxygens (including phenoxy) is 3. The van der Waals surface area contributed by atoms with Crippen LogP contribution in [0.5, 0.6) is 11.5 Å². The van der Waals surface area contributed by atoms with Crippen LogP contribution in [0.3, 0.4) is 0 Å². The van der Waals surface area contributed by atoms with E-state index in [4.69, 9.17) is 24.2 Å². The van der Waals surface area contributed by atoms with Crippen LogP contribution in [-0.2, 0) is 27.5 Å². The van der Waals surface area contributed by atoms with Gasteiger partial charge in [-0.1, -0.05) is 78.7 Å². The summed E-state index contributed by atoms with van der Waals surface area (Å²) in [6.07, 6.45) is 11.9. The highest BCUT2D eigenvalue weighted by Crippen LogP contribution is 2.62. The van der Waals surface area contributed by atoms with Gasteiger partial charge in [0.2, 0.25) is 11.7 Å². The fraction of sp³-hybridized carbons (Fsp3) is 0.364. The minimum Gasteiger partial charge on any atom is -0.487 e. The number of oxime groups is 1. The molecular weight excluding hydrogens is 861 g/mol. The van der Waals surface area contributed by atoms with E-state index in [1.807, 2.05) is 78.6 Å². The third kappa shape index (κ3) is 10.3. The maximum atomic E-state index is 15.3. The second-order valence-electron chi connectivity index (χ2n) is 17.8. The summed E-state index contributed by atoms with van der Waals surface area (Å²) < 4.78 is 21.1. The Hall–Kier alpha value is -6.67. The standard InChI is InChI=1S/C55H60N4O9/c1-4-31-67-55-51(58(35-41-17-12-16-39-14-5-6-19-45(39)41)52(62)28-23-38-21-24-43(25-22-38)59(63)64)34-49(57-65-3)47-32-40(15-7-9-29-60)46(20-8-10-30-61)53(54(47)55)48-33-44(26-27-50(48)68-55)66-36-42-18-11-13-37(2)56-42/h4-6,11-14,16-19,21-28,32-33,40,46,51,53-54,60-61H,1,7-10,15,20,29-31,34-36H2,2-3H3/t40-,46+,51-,53+,54+,55+/m0/s1. The number of non-ortho nitro benzene ring substituents is 1. The van der Waals surface area contributed by atoms with E-state index in [0.29, 0.717) is 35.6 Å². The molecule has 13 heteroatoms. The van der Waals surface area contributed by atoms with Crippen molar-refractivity contribution in [1.29, 1.82) is 0 Å². The Bertz CT molecular complexity index is 2680. The van der Waals surface area contributed by atoms with E-state index >= 15 is 4.79 Å². The molecule has 8 rings (SSSR count). The Kier molecular flexibility index (Phi) is 15.4. The van der Waals surface area contributed by atoms with Crippen LogP contribution in [0.25, 0.3) is 16.8 Å². The third-order valence-corrected chi connectivity index (χ3v) is 13.6. The first-order valence-corrected chi connectivity index (χ1v) is 23.5. The number of hydrogen-bond donors (Lipinski definition) is 2. The van der Waals surface area contributed by atoms with E-state index < -0.39 is 22.7 Å². The number of rotatable bonds is 21. The van der Waals surface area contributed by atoms with Crippen molar-refractivity contribution in [3.8, 4) is 11.5 Å². The number of aromatic nitrogens is 1. The Morgan fingerprint density at radius 1 is 0.985 bits per heavy atom. The van der Waals surface area contributed by atoms with Gasteiger partial charge < -0.3 is 34.2 Å². The summed E-state index contributed by atoms with van der Waals surface area (Å²) in [5, 5.41) is 38.2. The average Bonchev–Trinajstić information content (AvgIpc) is 3.35. The van der Waals surface area contributed by atoms with Gasteiger partial charge in [-0.3, -0.25) is 19.9 Å². The highest BCUT2D eigenvalue weighted by molar-refractivity contribution is 6.03. The number of carbonyl (C=O) groups is 1. The summed E-state index contributed by atoms with van der Waals surface area (Å²) in [4.78, 5) is 38.5. The molecule has 1 aromatic heterocycles. The SMILES string of the molecule is C=CCO[C@@]12Oc3ccc(OCc4cccc(C)n4)cc3[C@H]3[C@H](CCCCO)[C@@H](CCCCO)C=C(C(=NOC)C[C@@H]1N(Cc1cccc4ccccc14)C(=O)C=Cc1ccc([N+](=O)[O-])cc1)[C@H]32. The summed E-state index contributed by atoms with van der Waals surface area (Å²) in [5.41, 5.74) is 5.72. The fourth-order valence-corrected chi connectivity index (χ4v) is 10.6. The second-order valence-corrected chi connectivity index (χ2v) is 17.8. The van der Waals surface area contributed by atoms with Crippen molar-refractivity contribution in [2.75, 3.05) is 26.9 Å². The number of nitrogens with zero attached hydrogens (tertiary/aromatic N) is 4. The molecule has 2 heterocycles. The monoisotopic (exact) mass is 920 g/mol. The van der Waals surface area contributed by atoms with Gasteiger partial charge >= 0.3 is 0 Å². The van der Waals surface area contributed by atoms with Crippen molar-refractivity contribution < 1.29 is 39.0 Å². The zero-order valence-corrected chi connectivity index (χ0v) is 38.7. The molecule has 4 aromatic carbocycles. The summed E-state index contributed by atoms with van der Waals surface area (Å²) in [7, 11) is 1.53. The largest absolute Gasteiger partial charge is 0.487 e. The quantitative estimate of drug-likeness (QED) is 0.0238. The van der Waals surface area contributed by atoms with Gasteiger partial charge in [-0.2, -0.15) is 0 Å². The molecule has 1 saturated carbocycles. The van der Waals surface area contributed by atoms with Gasteiger partial charge in [-0.15, -0.1) is 6.58 Å². The molecule has 0 bridgehead atoms. The number of carbonyl (C=O) groups excluding carboxylic acids is 1. The zero-order valence-electron chi connectivity index (χ0n) is 38.7. The Morgan fingerprint density at radius 2 is 1.75 bits per heavy atom. The molecule has 0 unspecified atom stereocenters. The van der Waals surface area contributed by atoms with Crippen molar-refractivity contribution in [1.82, 2.24) is 9.88 Å². The van der Waals surface area contributed by atoms with Crippen LogP contribution in [0.4, 0.5) is 5.69 Å². The Labute approximate surface area is 397 Å². The molecule has 0 spiro atoms. The molecule has 6 atom stereocenters. The molecule has 0 radical (unpaired) electrons. The van der Waals surface area contributed by atoms with Crippen LogP contribution in [0.15, 0.2) is 139 Å². The lowest BCUT2D eigenvalue weighted by Crippen LogP contribution is -2.70. The molecule has 2 N–H and O–H groups in total. The van der Waals surface area contributed by atoms with Gasteiger partial charge in [0.15, 0.2) is 0 Å². The zero-order chi connectivity index (χ0) is 47.6. The first kappa shape index (κ1) is 47.8. The molecule has 13 nitrogen and oxygen atoms in total. The van der Waals surface area contributed by atoms with Crippen LogP contribution in [0.1, 0.15) is 78.9 Å². The van der Waals surface area contributed by atoms with E-state index in [0.717, 1.165) is 64.5 Å². The van der Waals surface area contributed by atoms with Crippen LogP contribution in [0, 0.1) is 34.8 Å². The number of hydrogen-bond acceptors (Lipinski definition) is 11. The van der Waals surface area contributed by atoms with E-state index in [1.54, 1.807) is 24.3 Å². The Morgan fingerprint density at radius 3 is 2.50 bits per heavy atom. The molecular formula is C55H60N4O9. The number of benzene rings is 4. The van der Waals surface area contributed by atoms with Gasteiger partial charge in [-0.05, 0) is 120 Å². The van der Waals surface area contributed by atoms with Crippen LogP contribution in [0.2, 0.25) is 0 Å². The smallest absolute Gasteiger partial charge is 0.269 e. The minimum absolute atomic E-state index is 0.0174. The van der Waals surface area contributed by atoms with Crippen molar-refractivity contribution in [3.63, 3.8) is 0 Å². The molecule has 1 aliphatic heterocycles. The second kappa shape index (κ2) is 22.0. The molecule has 2 aliphatic carbocycles. The number of unbranched alkanes of at least 4 members (excludes halogenated alkanes) is 2. The van der Waals surface area contributed by atoms with Crippen molar-refractivity contribution in [3.05, 3.63) is 172 Å². The van der Waals surface area contributed by atoms with Gasteiger partial charge in [0, 0.05) is 61.6 Å². The summed E-state index contributed by atoms with van der Waals surface area (Å²) in [5.74, 6) is -1.27. The van der Waals surface area contributed by atoms with E-state index in [1.165, 1.54) is 25.3 Å². The summed E-state index contributed by atoms with van der Waals surface area (Å²) >= 11 is 0. The number of amides is 1. The fourth-order valence-electron chi connectivity index (χ4n) is 10.6. The maximum absolute atomic E-state index is 15.3. The average molecular weight is 921 g/mol. The van der Waals surface area contributed by atoms with Crippen molar-refractivity contribution >= 4 is 34.2 Å². The summed E-state index contributed by atoms with van der Waals surface area (Å²) in [6.45, 7) is 6.72. The Balaban J connectivity index is 1.32. The molecule has 0 saturated heterocycles. The van der Waals surface area contributed by atoms with E-state index in [2.05, 4.69) is 29.8 Å². The van der Waals surface area contributed by atoms with Gasteiger partial charge in [0.05, 0.1) is 28.9 Å². The normalized spacial score (nSPS) is 22.2. The number of fused-ring (bicyclic) bond motifs is 3. The highest BCUT2D eigenvalue weighted by atomic mass is 16.7. The number of nitro benzene ring substituents is 1. The predicted molar refractivity (Wildman–Crippen MR) is 262 cm³/mol. The number of allylic oxidation sites excluding steroid dienone is 1. The number of aliphatic hydroxyl groups excluding tert-OH is 2. The number of pyridine rings is 1. The molecule has 354 valence electrons. The number of aryl methyl sites for hydroxylation is 1. The molecule has 68 heavy (non-hydrogen) atoms. The van der Waals surface area contributed by atoms with Gasteiger partial charge in [-0.25, -0.2) is 0 Å². The van der Waals surface area contributed by atoms with E-state index in [9.17, 15) is 20.3 Å². The number of nitro groups is 1. The minimum atomic E-state index is -1.49. The molecule has 1 fully saturated rings. The molecule has 5 aromatic rings. The summed E-state index contributed by atoms with van der Waals surface area (Å²) in [6, 6.07) is 31.2. The molecule has 3 aliphatic rings. The van der Waals surface area contributed by atoms with Gasteiger partial charge in [0.1, 0.15) is 31.3 Å². The highest BCUT2D eigenvalue weighted by Gasteiger charge is 2.65. The van der Waals surface area contributed by atoms with Crippen LogP contribution >= 0.6 is 0 Å². The molecule has 1 amide bonds. The first-order chi connectivity index (χ1) is 33.2. The maximum Gasteiger partial charge on any atom is 0.269 e. The lowest BCUT2D eigenvalue weighted by Gasteiger charge is -2.60. The van der Waals surface area contributed by atoms with Crippen LogP contribution < -0.4 is 9.47 Å². The number of aliphatic hydroxyl groups is 2. The van der Waals surface area contributed by atoms with Crippen molar-refractivity contribution in [2.45, 2.75) is 82.8 Å². The van der Waals surface area contributed by atoms with Crippen LogP contribution in [-0.4, -0.2) is 75.4 Å².